The quantitative estimate of drug-likeness (QED) is 0.596. The maximum atomic E-state index is 8.49. The Kier molecular flexibility index (Phi) is 5.35. The molecule has 3 nitrogen and oxygen atoms in total. The first-order valence-electron chi connectivity index (χ1n) is 5.20. The summed E-state index contributed by atoms with van der Waals surface area (Å²) in [6, 6.07) is 0. The Hall–Kier alpha value is -0.120. The number of nitrogens with zero attached hydrogens (tertiary/aromatic N) is 1. The zero-order valence-electron chi connectivity index (χ0n) is 8.54. The van der Waals surface area contributed by atoms with Crippen LogP contribution < -0.4 is 0 Å². The molecule has 13 heavy (non-hydrogen) atoms. The molecule has 1 aliphatic rings. The van der Waals surface area contributed by atoms with Crippen molar-refractivity contribution in [3.63, 3.8) is 0 Å². The number of hydrogen-bond acceptors (Lipinski definition) is 3. The van der Waals surface area contributed by atoms with E-state index in [4.69, 9.17) is 9.84 Å². The second-order valence-electron chi connectivity index (χ2n) is 3.90. The topological polar surface area (TPSA) is 32.7 Å². The first-order chi connectivity index (χ1) is 6.33. The Morgan fingerprint density at radius 2 is 2.15 bits per heavy atom. The van der Waals surface area contributed by atoms with Gasteiger partial charge in [-0.2, -0.15) is 0 Å². The molecule has 0 aromatic rings. The van der Waals surface area contributed by atoms with Crippen molar-refractivity contribution in [2.24, 2.45) is 5.92 Å². The smallest absolute Gasteiger partial charge is 0.0698 e. The highest BCUT2D eigenvalue weighted by Gasteiger charge is 2.18. The van der Waals surface area contributed by atoms with Crippen LogP contribution >= 0.6 is 0 Å². The third kappa shape index (κ3) is 4.60. The van der Waals surface area contributed by atoms with Crippen molar-refractivity contribution in [3.05, 3.63) is 0 Å². The van der Waals surface area contributed by atoms with Crippen molar-refractivity contribution in [2.45, 2.75) is 19.3 Å². The molecule has 0 heterocycles. The first kappa shape index (κ1) is 11.0. The molecule has 0 spiro atoms. The lowest BCUT2D eigenvalue weighted by molar-refractivity contribution is 0.0724. The predicted octanol–water partition coefficient (Wildman–Crippen LogP) is 0.727. The minimum atomic E-state index is 0.131. The van der Waals surface area contributed by atoms with Gasteiger partial charge in [0, 0.05) is 13.1 Å². The number of aliphatic hydroxyl groups excluding tert-OH is 1. The summed E-state index contributed by atoms with van der Waals surface area (Å²) < 4.78 is 5.20. The minimum absolute atomic E-state index is 0.131. The van der Waals surface area contributed by atoms with E-state index in [2.05, 4.69) is 11.9 Å². The first-order valence-corrected chi connectivity index (χ1v) is 5.20. The lowest BCUT2D eigenvalue weighted by atomic mass is 9.85. The monoisotopic (exact) mass is 187 g/mol. The molecule has 1 rings (SSSR count). The Balaban J connectivity index is 1.87. The van der Waals surface area contributed by atoms with Gasteiger partial charge in [-0.1, -0.05) is 6.42 Å². The Labute approximate surface area is 80.7 Å². The maximum absolute atomic E-state index is 8.49. The van der Waals surface area contributed by atoms with Crippen LogP contribution in [0.15, 0.2) is 0 Å². The summed E-state index contributed by atoms with van der Waals surface area (Å²) in [7, 11) is 2.14. The van der Waals surface area contributed by atoms with Gasteiger partial charge in [0.1, 0.15) is 0 Å². The SMILES string of the molecule is CN(CCOCCO)CC1CCC1. The number of hydrogen-bond donors (Lipinski definition) is 1. The highest BCUT2D eigenvalue weighted by molar-refractivity contribution is 4.72. The van der Waals surface area contributed by atoms with Crippen LogP contribution in [0.2, 0.25) is 0 Å². The zero-order valence-corrected chi connectivity index (χ0v) is 8.54. The van der Waals surface area contributed by atoms with Crippen molar-refractivity contribution in [1.29, 1.82) is 0 Å². The Bertz CT molecular complexity index is 126. The summed E-state index contributed by atoms with van der Waals surface area (Å²) >= 11 is 0. The fourth-order valence-electron chi connectivity index (χ4n) is 1.59. The van der Waals surface area contributed by atoms with Crippen molar-refractivity contribution in [1.82, 2.24) is 4.90 Å². The maximum Gasteiger partial charge on any atom is 0.0698 e. The fourth-order valence-corrected chi connectivity index (χ4v) is 1.59. The standard InChI is InChI=1S/C10H21NO2/c1-11(5-7-13-8-6-12)9-10-3-2-4-10/h10,12H,2-9H2,1H3. The van der Waals surface area contributed by atoms with Crippen LogP contribution in [-0.4, -0.2) is 50.0 Å². The van der Waals surface area contributed by atoms with E-state index in [1.165, 1.54) is 25.8 Å². The lowest BCUT2D eigenvalue weighted by Crippen LogP contribution is -2.32. The molecule has 0 aliphatic heterocycles. The second-order valence-corrected chi connectivity index (χ2v) is 3.90. The molecule has 1 aliphatic carbocycles. The predicted molar refractivity (Wildman–Crippen MR) is 52.7 cm³/mol. The summed E-state index contributed by atoms with van der Waals surface area (Å²) in [6.07, 6.45) is 4.23. The molecule has 1 N–H and O–H groups in total. The molecular formula is C10H21NO2. The number of likely N-dealkylation sites (N-methyl/N-ethyl adjacent to an activating group) is 1. The summed E-state index contributed by atoms with van der Waals surface area (Å²) in [5.41, 5.74) is 0. The number of ether oxygens (including phenoxy) is 1. The van der Waals surface area contributed by atoms with E-state index in [1.54, 1.807) is 0 Å². The van der Waals surface area contributed by atoms with E-state index in [0.717, 1.165) is 19.1 Å². The third-order valence-corrected chi connectivity index (χ3v) is 2.65. The van der Waals surface area contributed by atoms with Gasteiger partial charge >= 0.3 is 0 Å². The lowest BCUT2D eigenvalue weighted by Gasteiger charge is -2.29. The number of aliphatic hydroxyl groups is 1. The molecule has 0 aromatic heterocycles. The molecule has 0 radical (unpaired) electrons. The van der Waals surface area contributed by atoms with Crippen molar-refractivity contribution in [3.8, 4) is 0 Å². The van der Waals surface area contributed by atoms with Crippen LogP contribution in [0.3, 0.4) is 0 Å². The molecule has 78 valence electrons. The Morgan fingerprint density at radius 3 is 2.69 bits per heavy atom. The highest BCUT2D eigenvalue weighted by Crippen LogP contribution is 2.26. The normalized spacial score (nSPS) is 17.8. The van der Waals surface area contributed by atoms with Crippen LogP contribution in [0.5, 0.6) is 0 Å². The Morgan fingerprint density at radius 1 is 1.38 bits per heavy atom. The molecule has 0 atom stereocenters. The van der Waals surface area contributed by atoms with Crippen LogP contribution in [0.25, 0.3) is 0 Å². The largest absolute Gasteiger partial charge is 0.394 e. The van der Waals surface area contributed by atoms with E-state index in [0.29, 0.717) is 6.61 Å². The van der Waals surface area contributed by atoms with Gasteiger partial charge in [0.25, 0.3) is 0 Å². The van der Waals surface area contributed by atoms with Crippen LogP contribution in [0.4, 0.5) is 0 Å². The molecule has 3 heteroatoms. The molecule has 0 unspecified atom stereocenters. The molecule has 0 saturated heterocycles. The van der Waals surface area contributed by atoms with Crippen LogP contribution in [0, 0.1) is 5.92 Å². The number of rotatable bonds is 7. The minimum Gasteiger partial charge on any atom is -0.394 e. The van der Waals surface area contributed by atoms with Crippen molar-refractivity contribution in [2.75, 3.05) is 40.0 Å². The van der Waals surface area contributed by atoms with Gasteiger partial charge in [-0.15, -0.1) is 0 Å². The van der Waals surface area contributed by atoms with Crippen molar-refractivity contribution >= 4 is 0 Å². The molecular weight excluding hydrogens is 166 g/mol. The van der Waals surface area contributed by atoms with E-state index in [1.807, 2.05) is 0 Å². The second kappa shape index (κ2) is 6.35. The molecule has 0 bridgehead atoms. The highest BCUT2D eigenvalue weighted by atomic mass is 16.5. The third-order valence-electron chi connectivity index (χ3n) is 2.65. The molecule has 1 saturated carbocycles. The van der Waals surface area contributed by atoms with E-state index < -0.39 is 0 Å². The van der Waals surface area contributed by atoms with Gasteiger partial charge in [0.2, 0.25) is 0 Å². The molecule has 0 amide bonds. The average molecular weight is 187 g/mol. The van der Waals surface area contributed by atoms with E-state index in [-0.39, 0.29) is 6.61 Å². The average Bonchev–Trinajstić information content (AvgIpc) is 2.06. The van der Waals surface area contributed by atoms with Gasteiger partial charge in [-0.25, -0.2) is 0 Å². The summed E-state index contributed by atoms with van der Waals surface area (Å²) in [6.45, 7) is 3.53. The summed E-state index contributed by atoms with van der Waals surface area (Å²) in [4.78, 5) is 2.32. The van der Waals surface area contributed by atoms with Crippen LogP contribution in [-0.2, 0) is 4.74 Å². The van der Waals surface area contributed by atoms with E-state index in [9.17, 15) is 0 Å². The fraction of sp³-hybridized carbons (Fsp3) is 1.00. The zero-order chi connectivity index (χ0) is 9.52. The van der Waals surface area contributed by atoms with Crippen LogP contribution in [0.1, 0.15) is 19.3 Å². The molecule has 0 aromatic carbocycles. The van der Waals surface area contributed by atoms with E-state index >= 15 is 0 Å². The van der Waals surface area contributed by atoms with Gasteiger partial charge in [0.05, 0.1) is 19.8 Å². The summed E-state index contributed by atoms with van der Waals surface area (Å²) in [5, 5.41) is 8.49. The van der Waals surface area contributed by atoms with Gasteiger partial charge < -0.3 is 14.7 Å². The molecule has 1 fully saturated rings. The van der Waals surface area contributed by atoms with Gasteiger partial charge in [-0.05, 0) is 25.8 Å². The summed E-state index contributed by atoms with van der Waals surface area (Å²) in [5.74, 6) is 0.933. The van der Waals surface area contributed by atoms with Gasteiger partial charge in [0.15, 0.2) is 0 Å². The van der Waals surface area contributed by atoms with Crippen molar-refractivity contribution < 1.29 is 9.84 Å². The van der Waals surface area contributed by atoms with Gasteiger partial charge in [-0.3, -0.25) is 0 Å².